The minimum absolute atomic E-state index is 0.213. The molecule has 0 bridgehead atoms. The van der Waals surface area contributed by atoms with Crippen LogP contribution in [-0.4, -0.2) is 66.3 Å². The molecule has 0 aromatic rings. The van der Waals surface area contributed by atoms with Gasteiger partial charge in [0.15, 0.2) is 0 Å². The van der Waals surface area contributed by atoms with Crippen molar-refractivity contribution in [2.75, 3.05) is 45.9 Å². The fourth-order valence-corrected chi connectivity index (χ4v) is 2.67. The molecule has 0 unspecified atom stereocenters. The molecule has 0 spiro atoms. The summed E-state index contributed by atoms with van der Waals surface area (Å²) < 4.78 is 0.888. The van der Waals surface area contributed by atoms with E-state index in [2.05, 4.69) is 19.9 Å². The Labute approximate surface area is 131 Å². The summed E-state index contributed by atoms with van der Waals surface area (Å²) in [5.74, 6) is 0.260. The summed E-state index contributed by atoms with van der Waals surface area (Å²) in [6, 6.07) is 0. The lowest BCUT2D eigenvalue weighted by atomic mass is 10.2. The van der Waals surface area contributed by atoms with Gasteiger partial charge in [0.05, 0.1) is 32.8 Å². The number of hydrogen-bond donors (Lipinski definition) is 1. The molecule has 1 amide bonds. The Hall–Kier alpha value is -0.870. The number of carbonyl (C=O) groups is 1. The zero-order chi connectivity index (χ0) is 16.1. The molecule has 0 saturated heterocycles. The van der Waals surface area contributed by atoms with Gasteiger partial charge in [-0.2, -0.15) is 0 Å². The highest BCUT2D eigenvalue weighted by Gasteiger charge is 2.24. The fraction of sp³-hybridized carbons (Fsp3) is 0.824. The minimum Gasteiger partial charge on any atom is -0.391 e. The van der Waals surface area contributed by atoms with Crippen LogP contribution in [0.5, 0.6) is 0 Å². The molecule has 4 heteroatoms. The van der Waals surface area contributed by atoms with E-state index in [1.807, 2.05) is 24.8 Å². The SMILES string of the molecule is C/C=C/CCCC(=O)N(CC)CC[N+](CC)(CC)CCO. The Balaban J connectivity index is 4.37. The molecular formula is C17H35N2O2+. The first-order valence-electron chi connectivity index (χ1n) is 8.44. The highest BCUT2D eigenvalue weighted by molar-refractivity contribution is 5.76. The summed E-state index contributed by atoms with van der Waals surface area (Å²) in [4.78, 5) is 14.2. The van der Waals surface area contributed by atoms with Crippen LogP contribution in [0.4, 0.5) is 0 Å². The van der Waals surface area contributed by atoms with Crippen LogP contribution in [0.15, 0.2) is 12.2 Å². The number of amides is 1. The number of aliphatic hydroxyl groups is 1. The van der Waals surface area contributed by atoms with Gasteiger partial charge in [0.25, 0.3) is 0 Å². The zero-order valence-electron chi connectivity index (χ0n) is 14.5. The lowest BCUT2D eigenvalue weighted by Gasteiger charge is -2.38. The van der Waals surface area contributed by atoms with Gasteiger partial charge in [0, 0.05) is 13.0 Å². The van der Waals surface area contributed by atoms with Crippen molar-refractivity contribution < 1.29 is 14.4 Å². The molecule has 0 saturated carbocycles. The summed E-state index contributed by atoms with van der Waals surface area (Å²) >= 11 is 0. The Morgan fingerprint density at radius 1 is 1.19 bits per heavy atom. The van der Waals surface area contributed by atoms with E-state index in [1.54, 1.807) is 0 Å². The second-order valence-corrected chi connectivity index (χ2v) is 5.58. The molecule has 0 heterocycles. The van der Waals surface area contributed by atoms with E-state index in [1.165, 1.54) is 0 Å². The van der Waals surface area contributed by atoms with E-state index in [9.17, 15) is 9.90 Å². The third-order valence-electron chi connectivity index (χ3n) is 4.49. The van der Waals surface area contributed by atoms with Gasteiger partial charge in [0.2, 0.25) is 5.91 Å². The summed E-state index contributed by atoms with van der Waals surface area (Å²) in [5.41, 5.74) is 0. The number of nitrogens with zero attached hydrogens (tertiary/aromatic N) is 2. The molecule has 0 radical (unpaired) electrons. The summed E-state index contributed by atoms with van der Waals surface area (Å²) in [6.45, 7) is 13.9. The molecular weight excluding hydrogens is 264 g/mol. The maximum absolute atomic E-state index is 12.2. The highest BCUT2D eigenvalue weighted by atomic mass is 16.3. The van der Waals surface area contributed by atoms with Crippen LogP contribution >= 0.6 is 0 Å². The topological polar surface area (TPSA) is 40.5 Å². The number of hydrogen-bond acceptors (Lipinski definition) is 2. The van der Waals surface area contributed by atoms with Gasteiger partial charge in [-0.25, -0.2) is 0 Å². The van der Waals surface area contributed by atoms with E-state index >= 15 is 0 Å². The number of allylic oxidation sites excluding steroid dienone is 2. The number of quaternary nitrogens is 1. The van der Waals surface area contributed by atoms with Crippen molar-refractivity contribution >= 4 is 5.91 Å². The van der Waals surface area contributed by atoms with E-state index in [-0.39, 0.29) is 12.5 Å². The van der Waals surface area contributed by atoms with Gasteiger partial charge in [-0.1, -0.05) is 12.2 Å². The minimum atomic E-state index is 0.213. The summed E-state index contributed by atoms with van der Waals surface area (Å²) in [7, 11) is 0. The lowest BCUT2D eigenvalue weighted by Crippen LogP contribution is -2.53. The molecule has 0 aromatic heterocycles. The molecule has 0 atom stereocenters. The van der Waals surface area contributed by atoms with Crippen LogP contribution in [0, 0.1) is 0 Å². The van der Waals surface area contributed by atoms with Gasteiger partial charge >= 0.3 is 0 Å². The van der Waals surface area contributed by atoms with Gasteiger partial charge < -0.3 is 14.5 Å². The maximum atomic E-state index is 12.2. The van der Waals surface area contributed by atoms with Crippen molar-refractivity contribution in [2.24, 2.45) is 0 Å². The van der Waals surface area contributed by atoms with Crippen molar-refractivity contribution in [3.8, 4) is 0 Å². The van der Waals surface area contributed by atoms with E-state index < -0.39 is 0 Å². The van der Waals surface area contributed by atoms with Crippen LogP contribution in [0.1, 0.15) is 47.0 Å². The fourth-order valence-electron chi connectivity index (χ4n) is 2.67. The van der Waals surface area contributed by atoms with Gasteiger partial charge in [-0.05, 0) is 40.5 Å². The first-order chi connectivity index (χ1) is 10.1. The molecule has 0 fully saturated rings. The van der Waals surface area contributed by atoms with Crippen molar-refractivity contribution in [3.05, 3.63) is 12.2 Å². The monoisotopic (exact) mass is 299 g/mol. The second kappa shape index (κ2) is 11.8. The molecule has 21 heavy (non-hydrogen) atoms. The molecule has 0 aromatic carbocycles. The maximum Gasteiger partial charge on any atom is 0.222 e. The summed E-state index contributed by atoms with van der Waals surface area (Å²) in [6.07, 6.45) is 6.69. The third-order valence-corrected chi connectivity index (χ3v) is 4.49. The third kappa shape index (κ3) is 7.63. The number of carbonyl (C=O) groups excluding carboxylic acids is 1. The smallest absolute Gasteiger partial charge is 0.222 e. The molecule has 0 aliphatic rings. The quantitative estimate of drug-likeness (QED) is 0.341. The van der Waals surface area contributed by atoms with E-state index in [4.69, 9.17) is 0 Å². The van der Waals surface area contributed by atoms with Crippen LogP contribution in [0.3, 0.4) is 0 Å². The van der Waals surface area contributed by atoms with E-state index in [0.29, 0.717) is 6.42 Å². The Morgan fingerprint density at radius 3 is 2.33 bits per heavy atom. The number of rotatable bonds is 12. The van der Waals surface area contributed by atoms with Crippen molar-refractivity contribution in [2.45, 2.75) is 47.0 Å². The number of likely N-dealkylation sites (N-methyl/N-ethyl adjacent to an activating group) is 2. The Kier molecular flexibility index (Phi) is 11.3. The zero-order valence-corrected chi connectivity index (χ0v) is 14.5. The van der Waals surface area contributed by atoms with Crippen molar-refractivity contribution in [3.63, 3.8) is 0 Å². The molecule has 0 aliphatic heterocycles. The summed E-state index contributed by atoms with van der Waals surface area (Å²) in [5, 5.41) is 9.26. The molecule has 124 valence electrons. The van der Waals surface area contributed by atoms with Crippen molar-refractivity contribution in [1.29, 1.82) is 0 Å². The molecule has 0 rings (SSSR count). The largest absolute Gasteiger partial charge is 0.391 e. The van der Waals surface area contributed by atoms with Gasteiger partial charge in [0.1, 0.15) is 6.54 Å². The predicted octanol–water partition coefficient (Wildman–Crippen LogP) is 2.43. The lowest BCUT2D eigenvalue weighted by molar-refractivity contribution is -0.924. The standard InChI is InChI=1S/C17H35N2O2/c1-5-9-10-11-12-17(21)18(6-2)13-14-19(7-3,8-4)15-16-20/h5,9,20H,6-8,10-16H2,1-4H3/q+1/b9-5+. The normalized spacial score (nSPS) is 12.0. The Bertz CT molecular complexity index is 299. The Morgan fingerprint density at radius 2 is 1.86 bits per heavy atom. The van der Waals surface area contributed by atoms with Crippen LogP contribution in [0.25, 0.3) is 0 Å². The van der Waals surface area contributed by atoms with Crippen LogP contribution in [-0.2, 0) is 4.79 Å². The average molecular weight is 299 g/mol. The van der Waals surface area contributed by atoms with Gasteiger partial charge in [-0.3, -0.25) is 4.79 Å². The second-order valence-electron chi connectivity index (χ2n) is 5.58. The predicted molar refractivity (Wildman–Crippen MR) is 89.1 cm³/mol. The first kappa shape index (κ1) is 20.1. The number of aliphatic hydroxyl groups excluding tert-OH is 1. The molecule has 1 N–H and O–H groups in total. The van der Waals surface area contributed by atoms with Crippen LogP contribution < -0.4 is 0 Å². The number of unbranched alkanes of at least 4 members (excludes halogenated alkanes) is 1. The first-order valence-corrected chi connectivity index (χ1v) is 8.44. The van der Waals surface area contributed by atoms with Crippen molar-refractivity contribution in [1.82, 2.24) is 4.90 Å². The molecule has 4 nitrogen and oxygen atoms in total. The molecule has 0 aliphatic carbocycles. The van der Waals surface area contributed by atoms with Gasteiger partial charge in [-0.15, -0.1) is 0 Å². The van der Waals surface area contributed by atoms with E-state index in [0.717, 1.165) is 56.6 Å². The van der Waals surface area contributed by atoms with Crippen LogP contribution in [0.2, 0.25) is 0 Å². The average Bonchev–Trinajstić information content (AvgIpc) is 2.51. The highest BCUT2D eigenvalue weighted by Crippen LogP contribution is 2.08.